The molecular formula is C16H28N2O3. The van der Waals surface area contributed by atoms with E-state index < -0.39 is 0 Å². The number of ether oxygens (including phenoxy) is 3. The number of rotatable bonds is 11. The van der Waals surface area contributed by atoms with Crippen LogP contribution < -0.4 is 10.5 Å². The molecule has 1 rings (SSSR count). The van der Waals surface area contributed by atoms with Gasteiger partial charge in [0, 0.05) is 44.6 Å². The second-order valence-corrected chi connectivity index (χ2v) is 4.78. The van der Waals surface area contributed by atoms with E-state index in [9.17, 15) is 0 Å². The van der Waals surface area contributed by atoms with E-state index >= 15 is 0 Å². The first kappa shape index (κ1) is 17.8. The zero-order valence-electron chi connectivity index (χ0n) is 13.4. The van der Waals surface area contributed by atoms with Crippen molar-refractivity contribution in [1.29, 1.82) is 0 Å². The molecule has 0 aliphatic carbocycles. The third kappa shape index (κ3) is 7.32. The lowest BCUT2D eigenvalue weighted by Crippen LogP contribution is -2.30. The van der Waals surface area contributed by atoms with E-state index in [0.29, 0.717) is 0 Å². The molecule has 0 unspecified atom stereocenters. The number of methoxy groups -OCH3 is 1. The van der Waals surface area contributed by atoms with E-state index in [4.69, 9.17) is 19.9 Å². The van der Waals surface area contributed by atoms with E-state index in [-0.39, 0.29) is 0 Å². The van der Waals surface area contributed by atoms with Crippen molar-refractivity contribution in [3.05, 3.63) is 23.8 Å². The smallest absolute Gasteiger partial charge is 0.121 e. The van der Waals surface area contributed by atoms with Gasteiger partial charge in [0.15, 0.2) is 0 Å². The van der Waals surface area contributed by atoms with Crippen molar-refractivity contribution in [1.82, 2.24) is 4.90 Å². The highest BCUT2D eigenvalue weighted by atomic mass is 16.5. The molecule has 0 aliphatic rings. The van der Waals surface area contributed by atoms with E-state index in [1.807, 2.05) is 32.0 Å². The topological polar surface area (TPSA) is 57.0 Å². The zero-order valence-corrected chi connectivity index (χ0v) is 13.4. The Morgan fingerprint density at radius 2 is 1.62 bits per heavy atom. The van der Waals surface area contributed by atoms with Crippen molar-refractivity contribution in [2.75, 3.05) is 52.4 Å². The summed E-state index contributed by atoms with van der Waals surface area (Å²) in [6.45, 7) is 9.50. The molecule has 0 heterocycles. The Kier molecular flexibility index (Phi) is 8.82. The number of nitrogen functional groups attached to an aromatic ring is 1. The van der Waals surface area contributed by atoms with Crippen molar-refractivity contribution in [2.24, 2.45) is 0 Å². The molecule has 0 atom stereocenters. The predicted molar refractivity (Wildman–Crippen MR) is 85.7 cm³/mol. The average Bonchev–Trinajstić information content (AvgIpc) is 2.47. The van der Waals surface area contributed by atoms with Gasteiger partial charge in [-0.05, 0) is 31.5 Å². The zero-order chi connectivity index (χ0) is 15.5. The van der Waals surface area contributed by atoms with Crippen LogP contribution in [0.2, 0.25) is 0 Å². The van der Waals surface area contributed by atoms with Crippen molar-refractivity contribution in [2.45, 2.75) is 20.4 Å². The largest absolute Gasteiger partial charge is 0.497 e. The molecule has 0 aromatic heterocycles. The monoisotopic (exact) mass is 296 g/mol. The summed E-state index contributed by atoms with van der Waals surface area (Å²) in [5.74, 6) is 0.791. The molecule has 0 radical (unpaired) electrons. The fourth-order valence-corrected chi connectivity index (χ4v) is 2.10. The van der Waals surface area contributed by atoms with Gasteiger partial charge in [0.05, 0.1) is 20.3 Å². The molecule has 5 nitrogen and oxygen atoms in total. The number of anilines is 1. The minimum absolute atomic E-state index is 0.721. The highest BCUT2D eigenvalue weighted by Crippen LogP contribution is 2.19. The van der Waals surface area contributed by atoms with Gasteiger partial charge in [-0.15, -0.1) is 0 Å². The maximum atomic E-state index is 5.91. The Balaban J connectivity index is 2.62. The first-order valence-electron chi connectivity index (χ1n) is 7.50. The van der Waals surface area contributed by atoms with Gasteiger partial charge in [-0.25, -0.2) is 0 Å². The number of benzene rings is 1. The maximum Gasteiger partial charge on any atom is 0.121 e. The Bertz CT molecular complexity index is 389. The second kappa shape index (κ2) is 10.4. The molecule has 0 aliphatic heterocycles. The van der Waals surface area contributed by atoms with E-state index in [1.165, 1.54) is 0 Å². The summed E-state index contributed by atoms with van der Waals surface area (Å²) in [5.41, 5.74) is 7.77. The van der Waals surface area contributed by atoms with Crippen LogP contribution in [-0.4, -0.2) is 51.5 Å². The minimum atomic E-state index is 0.721. The summed E-state index contributed by atoms with van der Waals surface area (Å²) in [7, 11) is 1.65. The SMILES string of the molecule is CCOCCN(CCOCC)Cc1cc(N)cc(OC)c1. The van der Waals surface area contributed by atoms with Crippen LogP contribution in [0.5, 0.6) is 5.75 Å². The highest BCUT2D eigenvalue weighted by molar-refractivity contribution is 5.47. The van der Waals surface area contributed by atoms with Crippen LogP contribution in [0.25, 0.3) is 0 Å². The Morgan fingerprint density at radius 1 is 1.00 bits per heavy atom. The van der Waals surface area contributed by atoms with Gasteiger partial charge in [-0.2, -0.15) is 0 Å². The summed E-state index contributed by atoms with van der Waals surface area (Å²) in [5, 5.41) is 0. The van der Waals surface area contributed by atoms with Crippen molar-refractivity contribution in [3.63, 3.8) is 0 Å². The van der Waals surface area contributed by atoms with Crippen LogP contribution in [0.4, 0.5) is 5.69 Å². The molecule has 0 saturated heterocycles. The van der Waals surface area contributed by atoms with Crippen LogP contribution in [0.1, 0.15) is 19.4 Å². The molecule has 21 heavy (non-hydrogen) atoms. The summed E-state index contributed by atoms with van der Waals surface area (Å²) >= 11 is 0. The molecule has 0 saturated carbocycles. The summed E-state index contributed by atoms with van der Waals surface area (Å²) in [6, 6.07) is 5.83. The third-order valence-electron chi connectivity index (χ3n) is 3.14. The van der Waals surface area contributed by atoms with Gasteiger partial charge in [0.25, 0.3) is 0 Å². The van der Waals surface area contributed by atoms with Gasteiger partial charge in [-0.1, -0.05) is 0 Å². The molecule has 120 valence electrons. The van der Waals surface area contributed by atoms with E-state index in [0.717, 1.165) is 63.1 Å². The highest BCUT2D eigenvalue weighted by Gasteiger charge is 2.08. The molecule has 1 aromatic rings. The Morgan fingerprint density at radius 3 is 2.14 bits per heavy atom. The lowest BCUT2D eigenvalue weighted by Gasteiger charge is -2.22. The summed E-state index contributed by atoms with van der Waals surface area (Å²) < 4.78 is 16.2. The van der Waals surface area contributed by atoms with Crippen molar-refractivity contribution >= 4 is 5.69 Å². The molecule has 0 fully saturated rings. The van der Waals surface area contributed by atoms with Gasteiger partial charge >= 0.3 is 0 Å². The lowest BCUT2D eigenvalue weighted by molar-refractivity contribution is 0.0797. The van der Waals surface area contributed by atoms with Crippen LogP contribution in [0.15, 0.2) is 18.2 Å². The minimum Gasteiger partial charge on any atom is -0.497 e. The van der Waals surface area contributed by atoms with Gasteiger partial charge < -0.3 is 19.9 Å². The first-order chi connectivity index (χ1) is 10.2. The summed E-state index contributed by atoms with van der Waals surface area (Å²) in [4.78, 5) is 2.31. The number of nitrogens with two attached hydrogens (primary N) is 1. The fourth-order valence-electron chi connectivity index (χ4n) is 2.10. The standard InChI is InChI=1S/C16H28N2O3/c1-4-20-8-6-18(7-9-21-5-2)13-14-10-15(17)12-16(11-14)19-3/h10-12H,4-9,13,17H2,1-3H3. The van der Waals surface area contributed by atoms with Gasteiger partial charge in [0.1, 0.15) is 5.75 Å². The second-order valence-electron chi connectivity index (χ2n) is 4.78. The number of hydrogen-bond acceptors (Lipinski definition) is 5. The molecule has 0 bridgehead atoms. The first-order valence-corrected chi connectivity index (χ1v) is 7.50. The van der Waals surface area contributed by atoms with Crippen LogP contribution in [0, 0.1) is 0 Å². The lowest BCUT2D eigenvalue weighted by atomic mass is 10.1. The quantitative estimate of drug-likeness (QED) is 0.501. The molecular weight excluding hydrogens is 268 g/mol. The number of hydrogen-bond donors (Lipinski definition) is 1. The molecule has 1 aromatic carbocycles. The Labute approximate surface area is 128 Å². The predicted octanol–water partition coefficient (Wildman–Crippen LogP) is 2.15. The van der Waals surface area contributed by atoms with Crippen molar-refractivity contribution < 1.29 is 14.2 Å². The fraction of sp³-hybridized carbons (Fsp3) is 0.625. The van der Waals surface area contributed by atoms with Crippen LogP contribution in [0.3, 0.4) is 0 Å². The molecule has 0 spiro atoms. The molecule has 2 N–H and O–H groups in total. The van der Waals surface area contributed by atoms with Gasteiger partial charge in [-0.3, -0.25) is 4.90 Å². The molecule has 5 heteroatoms. The summed E-state index contributed by atoms with van der Waals surface area (Å²) in [6.07, 6.45) is 0. The third-order valence-corrected chi connectivity index (χ3v) is 3.14. The molecule has 0 amide bonds. The average molecular weight is 296 g/mol. The van der Waals surface area contributed by atoms with Crippen LogP contribution in [-0.2, 0) is 16.0 Å². The van der Waals surface area contributed by atoms with E-state index in [1.54, 1.807) is 7.11 Å². The van der Waals surface area contributed by atoms with Gasteiger partial charge in [0.2, 0.25) is 0 Å². The van der Waals surface area contributed by atoms with E-state index in [2.05, 4.69) is 4.90 Å². The van der Waals surface area contributed by atoms with Crippen molar-refractivity contribution in [3.8, 4) is 5.75 Å². The van der Waals surface area contributed by atoms with Crippen LogP contribution >= 0.6 is 0 Å². The number of nitrogens with zero attached hydrogens (tertiary/aromatic N) is 1. The maximum absolute atomic E-state index is 5.91. The Hall–Kier alpha value is -1.30. The normalized spacial score (nSPS) is 11.0.